The molecule has 0 aliphatic carbocycles. The van der Waals surface area contributed by atoms with Crippen molar-refractivity contribution in [1.29, 1.82) is 0 Å². The molecule has 1 aromatic carbocycles. The molecule has 1 aliphatic rings. The summed E-state index contributed by atoms with van der Waals surface area (Å²) < 4.78 is 10.8. The van der Waals surface area contributed by atoms with Gasteiger partial charge in [0.05, 0.1) is 19.7 Å². The molecule has 2 N–H and O–H groups in total. The van der Waals surface area contributed by atoms with Gasteiger partial charge in [-0.05, 0) is 37.7 Å². The minimum Gasteiger partial charge on any atom is -0.493 e. The zero-order valence-electron chi connectivity index (χ0n) is 15.3. The second-order valence-corrected chi connectivity index (χ2v) is 7.78. The Labute approximate surface area is 154 Å². The lowest BCUT2D eigenvalue weighted by molar-refractivity contribution is 0.356. The molecule has 0 amide bonds. The van der Waals surface area contributed by atoms with Gasteiger partial charge in [0.15, 0.2) is 19.9 Å². The first-order chi connectivity index (χ1) is 12.6. The van der Waals surface area contributed by atoms with Crippen LogP contribution in [0, 0.1) is 5.92 Å². The molecule has 26 heavy (non-hydrogen) atoms. The van der Waals surface area contributed by atoms with Gasteiger partial charge in [0.1, 0.15) is 12.1 Å². The van der Waals surface area contributed by atoms with Gasteiger partial charge in [-0.25, -0.2) is 9.97 Å². The highest BCUT2D eigenvalue weighted by molar-refractivity contribution is 7.45. The van der Waals surface area contributed by atoms with E-state index in [9.17, 15) is 0 Å². The Hall–Kier alpha value is -1.69. The van der Waals surface area contributed by atoms with Gasteiger partial charge in [-0.15, -0.1) is 0 Å². The van der Waals surface area contributed by atoms with Crippen molar-refractivity contribution < 1.29 is 19.3 Å². The third-order valence-electron chi connectivity index (χ3n) is 5.00. The molecule has 0 bridgehead atoms. The smallest absolute Gasteiger partial charge is 0.164 e. The molecule has 0 saturated carbocycles. The zero-order valence-corrected chi connectivity index (χ0v) is 16.2. The number of aromatic nitrogens is 2. The number of ether oxygens (including phenoxy) is 2. The van der Waals surface area contributed by atoms with Crippen LogP contribution in [0.5, 0.6) is 11.5 Å². The van der Waals surface area contributed by atoms with Crippen molar-refractivity contribution in [3.05, 3.63) is 18.5 Å². The number of nitrogens with zero attached hydrogens (tertiary/aromatic N) is 3. The maximum absolute atomic E-state index is 9.16. The van der Waals surface area contributed by atoms with Crippen LogP contribution >= 0.6 is 8.38 Å². The SMILES string of the molecule is COc1cc2ncnc(N3CCCC(CCP(O)O)CC3)c2cc1OC. The normalized spacial score (nSPS) is 18.2. The third kappa shape index (κ3) is 4.34. The molecule has 1 aliphatic heterocycles. The Morgan fingerprint density at radius 1 is 1.12 bits per heavy atom. The molecule has 3 rings (SSSR count). The second-order valence-electron chi connectivity index (χ2n) is 6.59. The third-order valence-corrected chi connectivity index (χ3v) is 5.66. The van der Waals surface area contributed by atoms with E-state index in [1.54, 1.807) is 20.5 Å². The summed E-state index contributed by atoms with van der Waals surface area (Å²) in [6.45, 7) is 1.84. The van der Waals surface area contributed by atoms with E-state index in [1.807, 2.05) is 12.1 Å². The topological polar surface area (TPSA) is 87.9 Å². The molecule has 8 heteroatoms. The molecule has 1 fully saturated rings. The van der Waals surface area contributed by atoms with Crippen LogP contribution in [0.25, 0.3) is 10.9 Å². The number of hydrogen-bond acceptors (Lipinski definition) is 7. The van der Waals surface area contributed by atoms with Crippen LogP contribution in [0.15, 0.2) is 18.5 Å². The number of rotatable bonds is 6. The summed E-state index contributed by atoms with van der Waals surface area (Å²) in [6.07, 6.45) is 6.19. The fraction of sp³-hybridized carbons (Fsp3) is 0.556. The van der Waals surface area contributed by atoms with Crippen LogP contribution in [0.2, 0.25) is 0 Å². The molecule has 1 unspecified atom stereocenters. The summed E-state index contributed by atoms with van der Waals surface area (Å²) in [7, 11) is 1.46. The van der Waals surface area contributed by atoms with E-state index in [0.29, 0.717) is 23.6 Å². The van der Waals surface area contributed by atoms with Gasteiger partial charge in [-0.1, -0.05) is 0 Å². The molecule has 2 heterocycles. The Kier molecular flexibility index (Phi) is 6.46. The van der Waals surface area contributed by atoms with E-state index in [0.717, 1.165) is 55.5 Å². The van der Waals surface area contributed by atoms with Crippen molar-refractivity contribution >= 4 is 25.1 Å². The summed E-state index contributed by atoms with van der Waals surface area (Å²) in [6, 6.07) is 3.82. The lowest BCUT2D eigenvalue weighted by Crippen LogP contribution is -2.25. The van der Waals surface area contributed by atoms with E-state index in [1.165, 1.54) is 0 Å². The molecule has 142 valence electrons. The first-order valence-corrected chi connectivity index (χ1v) is 10.3. The Bertz CT molecular complexity index is 744. The number of fused-ring (bicyclic) bond motifs is 1. The predicted molar refractivity (Wildman–Crippen MR) is 103 cm³/mol. The van der Waals surface area contributed by atoms with E-state index in [4.69, 9.17) is 19.3 Å². The molecule has 1 atom stereocenters. The van der Waals surface area contributed by atoms with Gasteiger partial charge >= 0.3 is 0 Å². The van der Waals surface area contributed by atoms with E-state index < -0.39 is 8.38 Å². The summed E-state index contributed by atoms with van der Waals surface area (Å²) in [5.74, 6) is 2.78. The van der Waals surface area contributed by atoms with Gasteiger partial charge in [0.25, 0.3) is 0 Å². The molecule has 1 aromatic heterocycles. The number of methoxy groups -OCH3 is 2. The number of hydrogen-bond donors (Lipinski definition) is 2. The van der Waals surface area contributed by atoms with Crippen LogP contribution in [0.1, 0.15) is 25.7 Å². The van der Waals surface area contributed by atoms with Gasteiger partial charge in [-0.3, -0.25) is 0 Å². The van der Waals surface area contributed by atoms with E-state index >= 15 is 0 Å². The first kappa shape index (κ1) is 19.1. The Morgan fingerprint density at radius 3 is 2.62 bits per heavy atom. The van der Waals surface area contributed by atoms with Crippen molar-refractivity contribution in [2.24, 2.45) is 5.92 Å². The minimum atomic E-state index is -1.78. The van der Waals surface area contributed by atoms with Gasteiger partial charge in [-0.2, -0.15) is 0 Å². The Morgan fingerprint density at radius 2 is 1.88 bits per heavy atom. The molecular formula is C18H26N3O4P. The highest BCUT2D eigenvalue weighted by atomic mass is 31.2. The molecular weight excluding hydrogens is 353 g/mol. The fourth-order valence-electron chi connectivity index (χ4n) is 3.59. The minimum absolute atomic E-state index is 0.507. The lowest BCUT2D eigenvalue weighted by Gasteiger charge is -2.23. The summed E-state index contributed by atoms with van der Waals surface area (Å²) >= 11 is 0. The standard InChI is InChI=1S/C18H26N3O4P/c1-24-16-10-14-15(11-17(16)25-2)19-12-20-18(14)21-7-3-4-13(5-8-21)6-9-26(22)23/h10-13,22-23H,3-9H2,1-2H3. The molecule has 2 aromatic rings. The Balaban J connectivity index is 1.83. The first-order valence-electron chi connectivity index (χ1n) is 8.89. The number of benzene rings is 1. The maximum Gasteiger partial charge on any atom is 0.164 e. The average Bonchev–Trinajstić information content (AvgIpc) is 2.90. The fourth-order valence-corrected chi connectivity index (χ4v) is 4.18. The average molecular weight is 379 g/mol. The van der Waals surface area contributed by atoms with Gasteiger partial charge in [0.2, 0.25) is 0 Å². The monoisotopic (exact) mass is 379 g/mol. The summed E-state index contributed by atoms with van der Waals surface area (Å²) in [4.78, 5) is 29.6. The highest BCUT2D eigenvalue weighted by Gasteiger charge is 2.21. The van der Waals surface area contributed by atoms with Crippen molar-refractivity contribution in [3.63, 3.8) is 0 Å². The highest BCUT2D eigenvalue weighted by Crippen LogP contribution is 2.36. The summed E-state index contributed by atoms with van der Waals surface area (Å²) in [5.41, 5.74) is 0.833. The van der Waals surface area contributed by atoms with Crippen molar-refractivity contribution in [2.75, 3.05) is 38.4 Å². The van der Waals surface area contributed by atoms with Crippen LogP contribution in [0.3, 0.4) is 0 Å². The molecule has 0 spiro atoms. The largest absolute Gasteiger partial charge is 0.493 e. The van der Waals surface area contributed by atoms with E-state index in [2.05, 4.69) is 14.9 Å². The van der Waals surface area contributed by atoms with Crippen LogP contribution in [0.4, 0.5) is 5.82 Å². The molecule has 7 nitrogen and oxygen atoms in total. The van der Waals surface area contributed by atoms with Crippen LogP contribution in [-0.2, 0) is 0 Å². The summed E-state index contributed by atoms with van der Waals surface area (Å²) in [5, 5.41) is 0.956. The predicted octanol–water partition coefficient (Wildman–Crippen LogP) is 2.94. The number of anilines is 1. The second kappa shape index (κ2) is 8.80. The van der Waals surface area contributed by atoms with Gasteiger partial charge < -0.3 is 24.2 Å². The van der Waals surface area contributed by atoms with Gasteiger partial charge in [0, 0.05) is 30.7 Å². The van der Waals surface area contributed by atoms with Crippen molar-refractivity contribution in [1.82, 2.24) is 9.97 Å². The van der Waals surface area contributed by atoms with Crippen molar-refractivity contribution in [3.8, 4) is 11.5 Å². The zero-order chi connectivity index (χ0) is 18.5. The van der Waals surface area contributed by atoms with Crippen molar-refractivity contribution in [2.45, 2.75) is 25.7 Å². The lowest BCUT2D eigenvalue weighted by atomic mass is 9.98. The molecule has 0 radical (unpaired) electrons. The van der Waals surface area contributed by atoms with Crippen LogP contribution in [-0.4, -0.2) is 53.2 Å². The van der Waals surface area contributed by atoms with Crippen LogP contribution < -0.4 is 14.4 Å². The molecule has 1 saturated heterocycles. The maximum atomic E-state index is 9.16. The van der Waals surface area contributed by atoms with E-state index in [-0.39, 0.29) is 0 Å². The quantitative estimate of drug-likeness (QED) is 0.746.